The summed E-state index contributed by atoms with van der Waals surface area (Å²) in [6.07, 6.45) is -0.416. The molecular formula is C10H13FO2. The minimum absolute atomic E-state index is 0.128. The van der Waals surface area contributed by atoms with Gasteiger partial charge in [-0.2, -0.15) is 0 Å². The Kier molecular flexibility index (Phi) is 3.86. The summed E-state index contributed by atoms with van der Waals surface area (Å²) in [5, 5.41) is 8.95. The van der Waals surface area contributed by atoms with Crippen molar-refractivity contribution in [2.75, 3.05) is 13.2 Å². The first-order valence-corrected chi connectivity index (χ1v) is 4.25. The average molecular weight is 184 g/mol. The van der Waals surface area contributed by atoms with Crippen LogP contribution in [-0.4, -0.2) is 18.3 Å². The van der Waals surface area contributed by atoms with Crippen LogP contribution in [0.25, 0.3) is 0 Å². The molecule has 1 unspecified atom stereocenters. The van der Waals surface area contributed by atoms with Crippen LogP contribution in [-0.2, 0) is 4.74 Å². The van der Waals surface area contributed by atoms with Crippen LogP contribution >= 0.6 is 0 Å². The summed E-state index contributed by atoms with van der Waals surface area (Å²) in [5.74, 6) is -0.310. The minimum atomic E-state index is -0.416. The molecule has 1 rings (SSSR count). The van der Waals surface area contributed by atoms with Crippen LogP contribution in [0.1, 0.15) is 18.6 Å². The van der Waals surface area contributed by atoms with E-state index in [-0.39, 0.29) is 12.4 Å². The van der Waals surface area contributed by atoms with Crippen molar-refractivity contribution in [3.63, 3.8) is 0 Å². The third-order valence-corrected chi connectivity index (χ3v) is 1.75. The molecule has 3 heteroatoms. The van der Waals surface area contributed by atoms with E-state index in [9.17, 15) is 4.39 Å². The smallest absolute Gasteiger partial charge is 0.123 e. The van der Waals surface area contributed by atoms with Gasteiger partial charge in [0.05, 0.1) is 6.61 Å². The Morgan fingerprint density at radius 1 is 1.54 bits per heavy atom. The molecule has 0 fully saturated rings. The summed E-state index contributed by atoms with van der Waals surface area (Å²) in [5.41, 5.74) is 0.671. The van der Waals surface area contributed by atoms with E-state index in [2.05, 4.69) is 0 Å². The van der Waals surface area contributed by atoms with E-state index < -0.39 is 6.10 Å². The third kappa shape index (κ3) is 2.79. The molecule has 0 heterocycles. The molecule has 0 aromatic heterocycles. The number of hydrogen-bond donors (Lipinski definition) is 1. The Morgan fingerprint density at radius 2 is 2.31 bits per heavy atom. The number of benzene rings is 1. The lowest BCUT2D eigenvalue weighted by Gasteiger charge is -2.14. The van der Waals surface area contributed by atoms with Crippen molar-refractivity contribution >= 4 is 0 Å². The molecule has 0 aliphatic carbocycles. The minimum Gasteiger partial charge on any atom is -0.393 e. The summed E-state index contributed by atoms with van der Waals surface area (Å²) in [7, 11) is 0. The number of ether oxygens (including phenoxy) is 1. The fourth-order valence-electron chi connectivity index (χ4n) is 1.16. The van der Waals surface area contributed by atoms with Crippen LogP contribution in [0.3, 0.4) is 0 Å². The van der Waals surface area contributed by atoms with E-state index in [1.807, 2.05) is 6.92 Å². The fourth-order valence-corrected chi connectivity index (χ4v) is 1.16. The number of rotatable bonds is 4. The number of aliphatic hydroxyl groups is 1. The van der Waals surface area contributed by atoms with Gasteiger partial charge >= 0.3 is 0 Å². The number of halogens is 1. The monoisotopic (exact) mass is 184 g/mol. The molecule has 0 saturated heterocycles. The first-order valence-electron chi connectivity index (χ1n) is 4.25. The summed E-state index contributed by atoms with van der Waals surface area (Å²) < 4.78 is 18.0. The molecule has 1 aromatic rings. The molecule has 13 heavy (non-hydrogen) atoms. The Labute approximate surface area is 77.0 Å². The van der Waals surface area contributed by atoms with E-state index in [1.54, 1.807) is 12.1 Å². The second-order valence-electron chi connectivity index (χ2n) is 2.68. The van der Waals surface area contributed by atoms with E-state index in [4.69, 9.17) is 9.84 Å². The first kappa shape index (κ1) is 10.2. The molecule has 0 saturated carbocycles. The van der Waals surface area contributed by atoms with Crippen molar-refractivity contribution in [3.05, 3.63) is 35.6 Å². The number of aliphatic hydroxyl groups excluding tert-OH is 1. The Bertz CT molecular complexity index is 263. The maximum Gasteiger partial charge on any atom is 0.123 e. The highest BCUT2D eigenvalue weighted by atomic mass is 19.1. The van der Waals surface area contributed by atoms with Gasteiger partial charge in [-0.3, -0.25) is 0 Å². The topological polar surface area (TPSA) is 29.5 Å². The van der Waals surface area contributed by atoms with Crippen LogP contribution in [0, 0.1) is 5.82 Å². The van der Waals surface area contributed by atoms with Crippen LogP contribution in [0.2, 0.25) is 0 Å². The maximum absolute atomic E-state index is 12.8. The first-order chi connectivity index (χ1) is 6.27. The molecule has 0 radical (unpaired) electrons. The second-order valence-corrected chi connectivity index (χ2v) is 2.68. The molecular weight excluding hydrogens is 171 g/mol. The van der Waals surface area contributed by atoms with Crippen molar-refractivity contribution in [1.29, 1.82) is 0 Å². The van der Waals surface area contributed by atoms with Crippen molar-refractivity contribution in [2.24, 2.45) is 0 Å². The molecule has 0 aliphatic rings. The Morgan fingerprint density at radius 3 is 2.85 bits per heavy atom. The van der Waals surface area contributed by atoms with E-state index in [1.165, 1.54) is 12.1 Å². The fraction of sp³-hybridized carbons (Fsp3) is 0.400. The predicted molar refractivity (Wildman–Crippen MR) is 47.9 cm³/mol. The van der Waals surface area contributed by atoms with E-state index in [0.29, 0.717) is 12.2 Å². The van der Waals surface area contributed by atoms with Crippen molar-refractivity contribution < 1.29 is 14.2 Å². The van der Waals surface area contributed by atoms with Crippen molar-refractivity contribution in [2.45, 2.75) is 13.0 Å². The summed E-state index contributed by atoms with van der Waals surface area (Å²) in [6.45, 7) is 2.21. The van der Waals surface area contributed by atoms with Gasteiger partial charge in [0.2, 0.25) is 0 Å². The van der Waals surface area contributed by atoms with Gasteiger partial charge in [-0.05, 0) is 24.6 Å². The van der Waals surface area contributed by atoms with Gasteiger partial charge in [0, 0.05) is 6.61 Å². The highest BCUT2D eigenvalue weighted by molar-refractivity contribution is 5.18. The molecule has 72 valence electrons. The van der Waals surface area contributed by atoms with Gasteiger partial charge in [-0.15, -0.1) is 0 Å². The molecule has 1 N–H and O–H groups in total. The highest BCUT2D eigenvalue weighted by Gasteiger charge is 2.09. The molecule has 0 bridgehead atoms. The quantitative estimate of drug-likeness (QED) is 0.774. The van der Waals surface area contributed by atoms with Gasteiger partial charge in [-0.25, -0.2) is 4.39 Å². The molecule has 2 nitrogen and oxygen atoms in total. The van der Waals surface area contributed by atoms with Crippen molar-refractivity contribution in [3.8, 4) is 0 Å². The molecule has 1 atom stereocenters. The summed E-state index contributed by atoms with van der Waals surface area (Å²) >= 11 is 0. The van der Waals surface area contributed by atoms with Gasteiger partial charge in [0.15, 0.2) is 0 Å². The van der Waals surface area contributed by atoms with Gasteiger partial charge < -0.3 is 9.84 Å². The highest BCUT2D eigenvalue weighted by Crippen LogP contribution is 2.17. The number of hydrogen-bond acceptors (Lipinski definition) is 2. The van der Waals surface area contributed by atoms with Crippen molar-refractivity contribution in [1.82, 2.24) is 0 Å². The second kappa shape index (κ2) is 4.94. The molecule has 0 amide bonds. The zero-order valence-corrected chi connectivity index (χ0v) is 7.53. The predicted octanol–water partition coefficient (Wildman–Crippen LogP) is 1.90. The zero-order chi connectivity index (χ0) is 9.68. The van der Waals surface area contributed by atoms with Crippen LogP contribution in [0.5, 0.6) is 0 Å². The molecule has 1 aromatic carbocycles. The largest absolute Gasteiger partial charge is 0.393 e. The molecule has 0 spiro atoms. The van der Waals surface area contributed by atoms with Crippen LogP contribution in [0.15, 0.2) is 24.3 Å². The van der Waals surface area contributed by atoms with Gasteiger partial charge in [0.1, 0.15) is 11.9 Å². The van der Waals surface area contributed by atoms with E-state index in [0.717, 1.165) is 0 Å². The lowest BCUT2D eigenvalue weighted by Crippen LogP contribution is -2.08. The van der Waals surface area contributed by atoms with Crippen LogP contribution in [0.4, 0.5) is 4.39 Å². The summed E-state index contributed by atoms with van der Waals surface area (Å²) in [6, 6.07) is 6.08. The maximum atomic E-state index is 12.8. The van der Waals surface area contributed by atoms with Gasteiger partial charge in [-0.1, -0.05) is 12.1 Å². The lowest BCUT2D eigenvalue weighted by atomic mass is 10.1. The molecule has 0 aliphatic heterocycles. The Hall–Kier alpha value is -0.930. The lowest BCUT2D eigenvalue weighted by molar-refractivity contribution is 0.0188. The van der Waals surface area contributed by atoms with Crippen LogP contribution < -0.4 is 0 Å². The Balaban J connectivity index is 2.78. The average Bonchev–Trinajstić information content (AvgIpc) is 2.14. The standard InChI is InChI=1S/C10H13FO2/c1-2-13-10(7-12)8-4-3-5-9(11)6-8/h3-6,10,12H,2,7H2,1H3. The normalized spacial score (nSPS) is 12.8. The third-order valence-electron chi connectivity index (χ3n) is 1.75. The zero-order valence-electron chi connectivity index (χ0n) is 7.53. The SMILES string of the molecule is CCOC(CO)c1cccc(F)c1. The summed E-state index contributed by atoms with van der Waals surface area (Å²) in [4.78, 5) is 0. The van der Waals surface area contributed by atoms with Gasteiger partial charge in [0.25, 0.3) is 0 Å². The van der Waals surface area contributed by atoms with E-state index >= 15 is 0 Å².